The molecule has 0 bridgehead atoms. The number of carboxylic acids is 1. The van der Waals surface area contributed by atoms with Crippen molar-refractivity contribution in [3.63, 3.8) is 0 Å². The summed E-state index contributed by atoms with van der Waals surface area (Å²) in [5, 5.41) is 10.2. The number of benzene rings is 2. The van der Waals surface area contributed by atoms with Crippen LogP contribution in [0.15, 0.2) is 60.8 Å². The van der Waals surface area contributed by atoms with Crippen LogP contribution < -0.4 is 0 Å². The number of hydrogen-bond donors (Lipinski definition) is 1. The number of unbranched alkanes of at least 4 members (excludes halogenated alkanes) is 1. The first-order valence-electron chi connectivity index (χ1n) is 10.7. The van der Waals surface area contributed by atoms with Gasteiger partial charge in [-0.3, -0.25) is 0 Å². The molecule has 5 aromatic rings. The van der Waals surface area contributed by atoms with E-state index in [0.29, 0.717) is 17.1 Å². The number of hydrogen-bond acceptors (Lipinski definition) is 5. The Hall–Kier alpha value is -3.58. The summed E-state index contributed by atoms with van der Waals surface area (Å²) < 4.78 is 3.23. The first kappa shape index (κ1) is 20.3. The van der Waals surface area contributed by atoms with Crippen LogP contribution in [0.3, 0.4) is 0 Å². The second kappa shape index (κ2) is 8.51. The van der Waals surface area contributed by atoms with Crippen molar-refractivity contribution in [2.24, 2.45) is 0 Å². The van der Waals surface area contributed by atoms with Crippen molar-refractivity contribution in [1.29, 1.82) is 0 Å². The molecule has 0 unspecified atom stereocenters. The van der Waals surface area contributed by atoms with Crippen LogP contribution in [-0.2, 0) is 13.0 Å². The number of nitrogens with zero attached hydrogens (tertiary/aromatic N) is 4. The van der Waals surface area contributed by atoms with Crippen LogP contribution in [0.1, 0.15) is 41.5 Å². The summed E-state index contributed by atoms with van der Waals surface area (Å²) in [6, 6.07) is 17.1. The molecular formula is C25H22N4O2S. The molecule has 1 N–H and O–H groups in total. The van der Waals surface area contributed by atoms with Crippen LogP contribution >= 0.6 is 11.3 Å². The van der Waals surface area contributed by atoms with E-state index in [1.165, 1.54) is 11.3 Å². The number of carboxylic acid groups (broad SMARTS) is 1. The number of carbonyl (C=O) groups is 1. The molecule has 0 aliphatic carbocycles. The minimum atomic E-state index is -0.945. The smallest absolute Gasteiger partial charge is 0.336 e. The van der Waals surface area contributed by atoms with Crippen molar-refractivity contribution >= 4 is 38.7 Å². The number of rotatable bonds is 7. The molecular weight excluding hydrogens is 420 g/mol. The van der Waals surface area contributed by atoms with Gasteiger partial charge in [-0.25, -0.2) is 19.7 Å². The molecule has 0 fully saturated rings. The zero-order valence-electron chi connectivity index (χ0n) is 17.7. The fourth-order valence-electron chi connectivity index (χ4n) is 3.92. The van der Waals surface area contributed by atoms with Gasteiger partial charge in [0, 0.05) is 18.2 Å². The summed E-state index contributed by atoms with van der Waals surface area (Å²) in [5.41, 5.74) is 4.75. The van der Waals surface area contributed by atoms with Gasteiger partial charge in [0.1, 0.15) is 16.3 Å². The number of fused-ring (bicyclic) bond motifs is 2. The van der Waals surface area contributed by atoms with Crippen LogP contribution in [0.2, 0.25) is 0 Å². The van der Waals surface area contributed by atoms with E-state index in [-0.39, 0.29) is 5.56 Å². The van der Waals surface area contributed by atoms with Gasteiger partial charge in [0.2, 0.25) is 0 Å². The van der Waals surface area contributed by atoms with Crippen molar-refractivity contribution in [3.05, 3.63) is 77.7 Å². The molecule has 32 heavy (non-hydrogen) atoms. The molecule has 0 aliphatic heterocycles. The van der Waals surface area contributed by atoms with Gasteiger partial charge in [0.05, 0.1) is 22.3 Å². The van der Waals surface area contributed by atoms with E-state index < -0.39 is 5.97 Å². The minimum absolute atomic E-state index is 0.267. The molecule has 0 spiro atoms. The lowest BCUT2D eigenvalue weighted by molar-refractivity contribution is 0.0697. The summed E-state index contributed by atoms with van der Waals surface area (Å²) in [6.07, 6.45) is 4.93. The van der Waals surface area contributed by atoms with Crippen LogP contribution in [0, 0.1) is 0 Å². The minimum Gasteiger partial charge on any atom is -0.478 e. The number of pyridine rings is 1. The van der Waals surface area contributed by atoms with E-state index >= 15 is 0 Å². The Morgan fingerprint density at radius 2 is 1.94 bits per heavy atom. The standard InChI is InChI=1S/C25H22N4O2S/c1-2-3-10-22-27-20-9-6-13-26-23(20)29(22)15-16-11-12-19-21(14-16)32-24(28-19)17-7-4-5-8-18(17)25(30)31/h4-9,11-14H,2-3,10,15H2,1H3,(H,30,31). The second-order valence-corrected chi connectivity index (χ2v) is 8.77. The Morgan fingerprint density at radius 3 is 2.78 bits per heavy atom. The van der Waals surface area contributed by atoms with Crippen LogP contribution in [0.5, 0.6) is 0 Å². The van der Waals surface area contributed by atoms with Gasteiger partial charge in [0.25, 0.3) is 0 Å². The highest BCUT2D eigenvalue weighted by atomic mass is 32.1. The summed E-state index contributed by atoms with van der Waals surface area (Å²) >= 11 is 1.52. The molecule has 2 aromatic carbocycles. The lowest BCUT2D eigenvalue weighted by atomic mass is 10.1. The fourth-order valence-corrected chi connectivity index (χ4v) is 4.99. The largest absolute Gasteiger partial charge is 0.478 e. The molecule has 0 saturated heterocycles. The molecule has 5 rings (SSSR count). The highest BCUT2D eigenvalue weighted by molar-refractivity contribution is 7.21. The van der Waals surface area contributed by atoms with Gasteiger partial charge >= 0.3 is 5.97 Å². The first-order chi connectivity index (χ1) is 15.6. The van der Waals surface area contributed by atoms with E-state index in [0.717, 1.165) is 52.0 Å². The Bertz CT molecular complexity index is 1440. The van der Waals surface area contributed by atoms with Crippen molar-refractivity contribution in [2.45, 2.75) is 32.7 Å². The molecule has 0 radical (unpaired) electrons. The average Bonchev–Trinajstić information content (AvgIpc) is 3.39. The quantitative estimate of drug-likeness (QED) is 0.345. The van der Waals surface area contributed by atoms with E-state index in [4.69, 9.17) is 9.97 Å². The van der Waals surface area contributed by atoms with E-state index in [1.54, 1.807) is 12.1 Å². The van der Waals surface area contributed by atoms with Gasteiger partial charge in [-0.1, -0.05) is 37.6 Å². The summed E-state index contributed by atoms with van der Waals surface area (Å²) in [4.78, 5) is 25.7. The van der Waals surface area contributed by atoms with E-state index in [9.17, 15) is 9.90 Å². The highest BCUT2D eigenvalue weighted by Crippen LogP contribution is 2.33. The molecule has 7 heteroatoms. The SMILES string of the molecule is CCCCc1nc2cccnc2n1Cc1ccc2nc(-c3ccccc3C(=O)O)sc2c1. The molecule has 160 valence electrons. The fraction of sp³-hybridized carbons (Fsp3) is 0.200. The number of thiazole rings is 1. The third-order valence-corrected chi connectivity index (χ3v) is 6.57. The molecule has 0 aliphatic rings. The lowest BCUT2D eigenvalue weighted by Crippen LogP contribution is -2.06. The van der Waals surface area contributed by atoms with Crippen molar-refractivity contribution < 1.29 is 9.90 Å². The zero-order valence-corrected chi connectivity index (χ0v) is 18.5. The van der Waals surface area contributed by atoms with Crippen LogP contribution in [-0.4, -0.2) is 30.6 Å². The van der Waals surface area contributed by atoms with Crippen molar-refractivity contribution in [3.8, 4) is 10.6 Å². The predicted octanol–water partition coefficient (Wildman–Crippen LogP) is 5.80. The molecule has 6 nitrogen and oxygen atoms in total. The summed E-state index contributed by atoms with van der Waals surface area (Å²) in [7, 11) is 0. The first-order valence-corrected chi connectivity index (χ1v) is 11.5. The monoisotopic (exact) mass is 442 g/mol. The topological polar surface area (TPSA) is 80.9 Å². The molecule has 3 aromatic heterocycles. The molecule has 0 atom stereocenters. The number of imidazole rings is 1. The Balaban J connectivity index is 1.53. The third-order valence-electron chi connectivity index (χ3n) is 5.52. The maximum Gasteiger partial charge on any atom is 0.336 e. The Kier molecular flexibility index (Phi) is 5.41. The molecule has 0 saturated carbocycles. The normalized spacial score (nSPS) is 11.4. The average molecular weight is 443 g/mol. The predicted molar refractivity (Wildman–Crippen MR) is 127 cm³/mol. The maximum absolute atomic E-state index is 11.6. The highest BCUT2D eigenvalue weighted by Gasteiger charge is 2.16. The lowest BCUT2D eigenvalue weighted by Gasteiger charge is -2.08. The summed E-state index contributed by atoms with van der Waals surface area (Å²) in [6.45, 7) is 2.87. The van der Waals surface area contributed by atoms with Gasteiger partial charge in [-0.15, -0.1) is 11.3 Å². The molecule has 0 amide bonds. The van der Waals surface area contributed by atoms with Gasteiger partial charge < -0.3 is 9.67 Å². The maximum atomic E-state index is 11.6. The van der Waals surface area contributed by atoms with E-state index in [1.807, 2.05) is 36.5 Å². The second-order valence-electron chi connectivity index (χ2n) is 7.74. The van der Waals surface area contributed by atoms with Crippen molar-refractivity contribution in [2.75, 3.05) is 0 Å². The summed E-state index contributed by atoms with van der Waals surface area (Å²) in [5.74, 6) is 0.112. The van der Waals surface area contributed by atoms with Crippen molar-refractivity contribution in [1.82, 2.24) is 19.5 Å². The van der Waals surface area contributed by atoms with E-state index in [2.05, 4.69) is 28.6 Å². The zero-order chi connectivity index (χ0) is 22.1. The Labute approximate surface area is 189 Å². The molecule has 3 heterocycles. The number of aryl methyl sites for hydroxylation is 1. The van der Waals surface area contributed by atoms with Gasteiger partial charge in [-0.05, 0) is 42.3 Å². The van der Waals surface area contributed by atoms with Gasteiger partial charge in [-0.2, -0.15) is 0 Å². The van der Waals surface area contributed by atoms with Crippen LogP contribution in [0.25, 0.3) is 32.0 Å². The number of aromatic nitrogens is 4. The van der Waals surface area contributed by atoms with Crippen LogP contribution in [0.4, 0.5) is 0 Å². The number of aromatic carboxylic acids is 1. The third kappa shape index (κ3) is 3.76. The van der Waals surface area contributed by atoms with Gasteiger partial charge in [0.15, 0.2) is 5.65 Å². The Morgan fingerprint density at radius 1 is 1.06 bits per heavy atom.